The fourth-order valence-corrected chi connectivity index (χ4v) is 4.28. The summed E-state index contributed by atoms with van der Waals surface area (Å²) in [7, 11) is 0. The molecule has 0 bridgehead atoms. The number of rotatable bonds is 6. The second kappa shape index (κ2) is 9.85. The van der Waals surface area contributed by atoms with Gasteiger partial charge in [-0.15, -0.1) is 0 Å². The number of hydrogen-bond donors (Lipinski definition) is 2. The van der Waals surface area contributed by atoms with E-state index in [1.54, 1.807) is 12.1 Å². The van der Waals surface area contributed by atoms with Gasteiger partial charge in [0.15, 0.2) is 0 Å². The van der Waals surface area contributed by atoms with Gasteiger partial charge in [-0.05, 0) is 36.8 Å². The van der Waals surface area contributed by atoms with E-state index in [9.17, 15) is 9.59 Å². The van der Waals surface area contributed by atoms with Crippen molar-refractivity contribution in [3.05, 3.63) is 58.6 Å². The number of benzene rings is 2. The van der Waals surface area contributed by atoms with Crippen LogP contribution in [0.2, 0.25) is 5.02 Å². The summed E-state index contributed by atoms with van der Waals surface area (Å²) in [5.41, 5.74) is 3.20. The molecule has 28 heavy (non-hydrogen) atoms. The highest BCUT2D eigenvalue weighted by Crippen LogP contribution is 2.30. The molecule has 2 amide bonds. The fraction of sp³-hybridized carbons (Fsp3) is 0.333. The average molecular weight is 418 g/mol. The van der Waals surface area contributed by atoms with Crippen LogP contribution in [0.3, 0.4) is 0 Å². The summed E-state index contributed by atoms with van der Waals surface area (Å²) in [6, 6.07) is 13.0. The van der Waals surface area contributed by atoms with Gasteiger partial charge in [0.2, 0.25) is 5.91 Å². The lowest BCUT2D eigenvalue weighted by Crippen LogP contribution is -2.32. The molecule has 148 valence electrons. The highest BCUT2D eigenvalue weighted by molar-refractivity contribution is 7.99. The van der Waals surface area contributed by atoms with E-state index in [1.165, 1.54) is 0 Å². The van der Waals surface area contributed by atoms with Crippen molar-refractivity contribution in [2.75, 3.05) is 41.4 Å². The zero-order chi connectivity index (χ0) is 19.9. The highest BCUT2D eigenvalue weighted by atomic mass is 35.5. The summed E-state index contributed by atoms with van der Waals surface area (Å²) in [6.45, 7) is 4.13. The van der Waals surface area contributed by atoms with Gasteiger partial charge in [-0.3, -0.25) is 9.59 Å². The number of amides is 2. The number of nitrogens with one attached hydrogen (secondary N) is 2. The lowest BCUT2D eigenvalue weighted by Gasteiger charge is -2.29. The van der Waals surface area contributed by atoms with Gasteiger partial charge < -0.3 is 15.5 Å². The normalized spacial score (nSPS) is 13.9. The fourth-order valence-electron chi connectivity index (χ4n) is 3.08. The molecule has 1 fully saturated rings. The molecule has 0 unspecified atom stereocenters. The molecule has 2 N–H and O–H groups in total. The van der Waals surface area contributed by atoms with Crippen molar-refractivity contribution in [1.82, 2.24) is 5.32 Å². The van der Waals surface area contributed by atoms with Gasteiger partial charge in [0, 0.05) is 48.8 Å². The number of anilines is 2. The Kier molecular flexibility index (Phi) is 7.23. The van der Waals surface area contributed by atoms with Crippen LogP contribution in [0, 0.1) is 6.92 Å². The third-order valence-corrected chi connectivity index (χ3v) is 5.86. The predicted octanol–water partition coefficient (Wildman–Crippen LogP) is 3.96. The standard InChI is InChI=1S/C21H24ClN3O2S/c1-15-4-2-3-5-17(15)21(27)23-9-8-20(26)24-16-6-7-19(18(22)14-16)25-10-12-28-13-11-25/h2-7,14H,8-13H2,1H3,(H,23,27)(H,24,26). The van der Waals surface area contributed by atoms with Crippen LogP contribution in [0.15, 0.2) is 42.5 Å². The summed E-state index contributed by atoms with van der Waals surface area (Å²) in [4.78, 5) is 26.6. The van der Waals surface area contributed by atoms with E-state index in [0.717, 1.165) is 35.8 Å². The van der Waals surface area contributed by atoms with Crippen LogP contribution in [0.1, 0.15) is 22.3 Å². The van der Waals surface area contributed by atoms with Crippen molar-refractivity contribution < 1.29 is 9.59 Å². The quantitative estimate of drug-likeness (QED) is 0.746. The van der Waals surface area contributed by atoms with E-state index in [2.05, 4.69) is 15.5 Å². The molecule has 0 saturated carbocycles. The number of thioether (sulfide) groups is 1. The van der Waals surface area contributed by atoms with E-state index < -0.39 is 0 Å². The summed E-state index contributed by atoms with van der Waals surface area (Å²) in [5.74, 6) is 1.87. The minimum Gasteiger partial charge on any atom is -0.369 e. The largest absolute Gasteiger partial charge is 0.369 e. The molecule has 0 aromatic heterocycles. The molecule has 2 aromatic carbocycles. The topological polar surface area (TPSA) is 61.4 Å². The van der Waals surface area contributed by atoms with Crippen LogP contribution >= 0.6 is 23.4 Å². The molecule has 3 rings (SSSR count). The van der Waals surface area contributed by atoms with Crippen molar-refractivity contribution in [2.45, 2.75) is 13.3 Å². The number of nitrogens with zero attached hydrogens (tertiary/aromatic N) is 1. The Hall–Kier alpha value is -2.18. The molecular formula is C21H24ClN3O2S. The first-order valence-electron chi connectivity index (χ1n) is 9.30. The second-order valence-corrected chi connectivity index (χ2v) is 8.27. The number of carbonyl (C=O) groups excluding carboxylic acids is 2. The molecule has 0 spiro atoms. The molecule has 1 saturated heterocycles. The molecule has 5 nitrogen and oxygen atoms in total. The van der Waals surface area contributed by atoms with Gasteiger partial charge in [0.1, 0.15) is 0 Å². The Morgan fingerprint density at radius 1 is 1.14 bits per heavy atom. The summed E-state index contributed by atoms with van der Waals surface area (Å²) < 4.78 is 0. The Balaban J connectivity index is 1.49. The van der Waals surface area contributed by atoms with Crippen LogP contribution in [0.25, 0.3) is 0 Å². The smallest absolute Gasteiger partial charge is 0.251 e. The number of halogens is 1. The number of hydrogen-bond acceptors (Lipinski definition) is 4. The highest BCUT2D eigenvalue weighted by Gasteiger charge is 2.15. The maximum atomic E-state index is 12.2. The van der Waals surface area contributed by atoms with Crippen LogP contribution in [0.4, 0.5) is 11.4 Å². The SMILES string of the molecule is Cc1ccccc1C(=O)NCCC(=O)Nc1ccc(N2CCSCC2)c(Cl)c1. The molecular weight excluding hydrogens is 394 g/mol. The first-order valence-corrected chi connectivity index (χ1v) is 10.8. The first kappa shape index (κ1) is 20.6. The molecule has 0 aliphatic carbocycles. The van der Waals surface area contributed by atoms with Crippen molar-refractivity contribution >= 4 is 46.6 Å². The molecule has 7 heteroatoms. The monoisotopic (exact) mass is 417 g/mol. The van der Waals surface area contributed by atoms with E-state index in [4.69, 9.17) is 11.6 Å². The van der Waals surface area contributed by atoms with Crippen molar-refractivity contribution in [3.63, 3.8) is 0 Å². The number of aryl methyl sites for hydroxylation is 1. The van der Waals surface area contributed by atoms with Gasteiger partial charge in [0.25, 0.3) is 5.91 Å². The van der Waals surface area contributed by atoms with Gasteiger partial charge >= 0.3 is 0 Å². The minimum atomic E-state index is -0.169. The summed E-state index contributed by atoms with van der Waals surface area (Å²) in [6.07, 6.45) is 0.195. The van der Waals surface area contributed by atoms with Gasteiger partial charge in [0.05, 0.1) is 10.7 Å². The van der Waals surface area contributed by atoms with E-state index in [-0.39, 0.29) is 24.8 Å². The summed E-state index contributed by atoms with van der Waals surface area (Å²) in [5, 5.41) is 6.26. The number of carbonyl (C=O) groups is 2. The Morgan fingerprint density at radius 2 is 1.89 bits per heavy atom. The van der Waals surface area contributed by atoms with Crippen molar-refractivity contribution in [1.29, 1.82) is 0 Å². The average Bonchev–Trinajstić information content (AvgIpc) is 2.69. The van der Waals surface area contributed by atoms with Crippen molar-refractivity contribution in [3.8, 4) is 0 Å². The molecule has 1 aliphatic rings. The van der Waals surface area contributed by atoms with Gasteiger partial charge in [-0.1, -0.05) is 29.8 Å². The Morgan fingerprint density at radius 3 is 2.61 bits per heavy atom. The van der Waals surface area contributed by atoms with Gasteiger partial charge in [-0.2, -0.15) is 11.8 Å². The van der Waals surface area contributed by atoms with Crippen LogP contribution < -0.4 is 15.5 Å². The third kappa shape index (κ3) is 5.42. The molecule has 1 aliphatic heterocycles. The van der Waals surface area contributed by atoms with E-state index in [1.807, 2.05) is 49.0 Å². The van der Waals surface area contributed by atoms with Crippen LogP contribution in [-0.4, -0.2) is 43.0 Å². The lowest BCUT2D eigenvalue weighted by molar-refractivity contribution is -0.116. The predicted molar refractivity (Wildman–Crippen MR) is 118 cm³/mol. The third-order valence-electron chi connectivity index (χ3n) is 4.61. The molecule has 1 heterocycles. The second-order valence-electron chi connectivity index (χ2n) is 6.63. The molecule has 0 atom stereocenters. The first-order chi connectivity index (χ1) is 13.5. The minimum absolute atomic E-state index is 0.164. The molecule has 0 radical (unpaired) electrons. The van der Waals surface area contributed by atoms with E-state index >= 15 is 0 Å². The maximum absolute atomic E-state index is 12.2. The lowest BCUT2D eigenvalue weighted by atomic mass is 10.1. The van der Waals surface area contributed by atoms with Gasteiger partial charge in [-0.25, -0.2) is 0 Å². The van der Waals surface area contributed by atoms with Crippen molar-refractivity contribution in [2.24, 2.45) is 0 Å². The van der Waals surface area contributed by atoms with Crippen LogP contribution in [-0.2, 0) is 4.79 Å². The Labute approximate surface area is 174 Å². The van der Waals surface area contributed by atoms with Crippen LogP contribution in [0.5, 0.6) is 0 Å². The zero-order valence-electron chi connectivity index (χ0n) is 15.8. The Bertz CT molecular complexity index is 853. The zero-order valence-corrected chi connectivity index (χ0v) is 17.4. The van der Waals surface area contributed by atoms with E-state index in [0.29, 0.717) is 16.3 Å². The maximum Gasteiger partial charge on any atom is 0.251 e. The summed E-state index contributed by atoms with van der Waals surface area (Å²) >= 11 is 8.37. The molecule has 2 aromatic rings.